The van der Waals surface area contributed by atoms with Crippen LogP contribution in [0.3, 0.4) is 0 Å². The minimum absolute atomic E-state index is 0.0848. The lowest BCUT2D eigenvalue weighted by Gasteiger charge is -2.26. The zero-order valence-corrected chi connectivity index (χ0v) is 18.0. The fraction of sp³-hybridized carbons (Fsp3) is 0.364. The van der Waals surface area contributed by atoms with Gasteiger partial charge in [-0.15, -0.1) is 0 Å². The van der Waals surface area contributed by atoms with E-state index in [-0.39, 0.29) is 16.5 Å². The van der Waals surface area contributed by atoms with Crippen LogP contribution in [0.15, 0.2) is 53.4 Å². The van der Waals surface area contributed by atoms with Crippen molar-refractivity contribution in [3.63, 3.8) is 0 Å². The summed E-state index contributed by atoms with van der Waals surface area (Å²) in [6.07, 6.45) is 2.50. The van der Waals surface area contributed by atoms with Crippen molar-refractivity contribution in [3.8, 4) is 0 Å². The van der Waals surface area contributed by atoms with Gasteiger partial charge in [-0.2, -0.15) is 0 Å². The first kappa shape index (κ1) is 22.4. The molecule has 2 aromatic carbocycles. The van der Waals surface area contributed by atoms with Gasteiger partial charge in [0.1, 0.15) is 11.9 Å². The number of halogens is 1. The van der Waals surface area contributed by atoms with Crippen LogP contribution >= 0.6 is 0 Å². The van der Waals surface area contributed by atoms with Crippen molar-refractivity contribution < 1.29 is 27.1 Å². The summed E-state index contributed by atoms with van der Waals surface area (Å²) in [6, 6.07) is 9.92. The minimum atomic E-state index is -3.67. The molecule has 8 nitrogen and oxygen atoms in total. The number of anilines is 1. The van der Waals surface area contributed by atoms with Crippen LogP contribution in [0.1, 0.15) is 29.6 Å². The molecule has 3 N–H and O–H groups in total. The van der Waals surface area contributed by atoms with Crippen molar-refractivity contribution >= 4 is 27.5 Å². The number of hydrogen-bond acceptors (Lipinski definition) is 5. The predicted octanol–water partition coefficient (Wildman–Crippen LogP) is 2.04. The molecule has 170 valence electrons. The highest BCUT2D eigenvalue weighted by atomic mass is 32.2. The molecule has 0 radical (unpaired) electrons. The number of carbonyl (C=O) groups is 2. The summed E-state index contributed by atoms with van der Waals surface area (Å²) in [4.78, 5) is 25.4. The summed E-state index contributed by atoms with van der Waals surface area (Å²) >= 11 is 0. The van der Waals surface area contributed by atoms with E-state index in [9.17, 15) is 22.4 Å². The standard InChI is InChI=1S/C22H24FN3O5S/c23-16-5-3-15(4-6-16)21(27)25-20(11-14-1-2-14)22(28)24-17-7-9-19(10-8-17)32(29,30)26-18-12-31-13-18/h3-10,14,18,20,26H,1-2,11-13H2,(H,24,28)(H,25,27)/t20-/m0/s1. The molecular weight excluding hydrogens is 437 g/mol. The summed E-state index contributed by atoms with van der Waals surface area (Å²) in [5.74, 6) is -0.935. The highest BCUT2D eigenvalue weighted by Crippen LogP contribution is 2.33. The Bertz CT molecular complexity index is 1080. The van der Waals surface area contributed by atoms with Crippen molar-refractivity contribution in [2.75, 3.05) is 18.5 Å². The first-order valence-corrected chi connectivity index (χ1v) is 11.9. The molecule has 0 aromatic heterocycles. The maximum absolute atomic E-state index is 13.1. The summed E-state index contributed by atoms with van der Waals surface area (Å²) in [5.41, 5.74) is 0.677. The number of amides is 2. The van der Waals surface area contributed by atoms with Crippen molar-refractivity contribution in [3.05, 3.63) is 59.9 Å². The smallest absolute Gasteiger partial charge is 0.251 e. The van der Waals surface area contributed by atoms with E-state index < -0.39 is 33.7 Å². The van der Waals surface area contributed by atoms with Gasteiger partial charge in [0.15, 0.2) is 0 Å². The Kier molecular flexibility index (Phi) is 6.54. The highest BCUT2D eigenvalue weighted by Gasteiger charge is 2.31. The number of ether oxygens (including phenoxy) is 1. The molecule has 10 heteroatoms. The number of sulfonamides is 1. The molecule has 2 amide bonds. The third-order valence-corrected chi connectivity index (χ3v) is 6.92. The molecule has 0 spiro atoms. The minimum Gasteiger partial charge on any atom is -0.378 e. The predicted molar refractivity (Wildman–Crippen MR) is 115 cm³/mol. The maximum atomic E-state index is 13.1. The van der Waals surface area contributed by atoms with E-state index in [4.69, 9.17) is 4.74 Å². The largest absolute Gasteiger partial charge is 0.378 e. The Hall–Kier alpha value is -2.82. The van der Waals surface area contributed by atoms with Crippen molar-refractivity contribution in [2.24, 2.45) is 5.92 Å². The van der Waals surface area contributed by atoms with Gasteiger partial charge in [0.2, 0.25) is 15.9 Å². The molecule has 1 aliphatic heterocycles. The van der Waals surface area contributed by atoms with Crippen molar-refractivity contribution in [1.82, 2.24) is 10.0 Å². The van der Waals surface area contributed by atoms with Crippen LogP contribution in [0.2, 0.25) is 0 Å². The highest BCUT2D eigenvalue weighted by molar-refractivity contribution is 7.89. The van der Waals surface area contributed by atoms with E-state index in [1.807, 2.05) is 0 Å². The molecule has 1 saturated carbocycles. The number of carbonyl (C=O) groups excluding carboxylic acids is 2. The fourth-order valence-electron chi connectivity index (χ4n) is 3.30. The number of hydrogen-bond donors (Lipinski definition) is 3. The van der Waals surface area contributed by atoms with E-state index >= 15 is 0 Å². The van der Waals surface area contributed by atoms with Crippen LogP contribution < -0.4 is 15.4 Å². The van der Waals surface area contributed by atoms with E-state index in [2.05, 4.69) is 15.4 Å². The second-order valence-corrected chi connectivity index (χ2v) is 9.80. The average Bonchev–Trinajstić information content (AvgIpc) is 3.55. The molecule has 0 bridgehead atoms. The molecule has 2 fully saturated rings. The molecule has 32 heavy (non-hydrogen) atoms. The normalized spacial score (nSPS) is 17.3. The monoisotopic (exact) mass is 461 g/mol. The molecule has 1 atom stereocenters. The zero-order valence-electron chi connectivity index (χ0n) is 17.2. The van der Waals surface area contributed by atoms with E-state index in [1.165, 1.54) is 48.5 Å². The van der Waals surface area contributed by atoms with Crippen LogP contribution in [0.25, 0.3) is 0 Å². The van der Waals surface area contributed by atoms with Gasteiger partial charge in [-0.05, 0) is 60.9 Å². The quantitative estimate of drug-likeness (QED) is 0.529. The molecule has 0 unspecified atom stereocenters. The van der Waals surface area contributed by atoms with Crippen molar-refractivity contribution in [1.29, 1.82) is 0 Å². The van der Waals surface area contributed by atoms with E-state index in [1.54, 1.807) is 0 Å². The van der Waals surface area contributed by atoms with Gasteiger partial charge in [-0.25, -0.2) is 17.5 Å². The lowest BCUT2D eigenvalue weighted by molar-refractivity contribution is -0.118. The SMILES string of the molecule is O=C(N[C@@H](CC1CC1)C(=O)Nc1ccc(S(=O)(=O)NC2COC2)cc1)c1ccc(F)cc1. The van der Waals surface area contributed by atoms with Gasteiger partial charge in [0.25, 0.3) is 5.91 Å². The van der Waals surface area contributed by atoms with Crippen molar-refractivity contribution in [2.45, 2.75) is 36.2 Å². The maximum Gasteiger partial charge on any atom is 0.251 e. The van der Waals surface area contributed by atoms with Gasteiger partial charge < -0.3 is 15.4 Å². The third-order valence-electron chi connectivity index (χ3n) is 5.39. The first-order chi connectivity index (χ1) is 15.3. The summed E-state index contributed by atoms with van der Waals surface area (Å²) in [5, 5.41) is 5.46. The Morgan fingerprint density at radius 3 is 2.25 bits per heavy atom. The van der Waals surface area contributed by atoms with Crippen LogP contribution in [-0.2, 0) is 19.6 Å². The van der Waals surface area contributed by atoms with Crippen LogP contribution in [0.4, 0.5) is 10.1 Å². The number of rotatable bonds is 9. The summed E-state index contributed by atoms with van der Waals surface area (Å²) < 4.78 is 45.3. The molecule has 2 aliphatic rings. The van der Waals surface area contributed by atoms with Crippen LogP contribution in [0, 0.1) is 11.7 Å². The van der Waals surface area contributed by atoms with Gasteiger partial charge >= 0.3 is 0 Å². The Morgan fingerprint density at radius 1 is 1.03 bits per heavy atom. The lowest BCUT2D eigenvalue weighted by atomic mass is 10.1. The average molecular weight is 462 g/mol. The van der Waals surface area contributed by atoms with E-state index in [0.29, 0.717) is 31.2 Å². The van der Waals surface area contributed by atoms with Gasteiger partial charge in [0.05, 0.1) is 24.2 Å². The third kappa shape index (κ3) is 5.70. The second-order valence-electron chi connectivity index (χ2n) is 8.08. The van der Waals surface area contributed by atoms with Crippen LogP contribution in [0.5, 0.6) is 0 Å². The molecular formula is C22H24FN3O5S. The van der Waals surface area contributed by atoms with Gasteiger partial charge in [-0.3, -0.25) is 9.59 Å². The van der Waals surface area contributed by atoms with E-state index in [0.717, 1.165) is 12.8 Å². The van der Waals surface area contributed by atoms with Gasteiger partial charge in [0, 0.05) is 11.3 Å². The zero-order chi connectivity index (χ0) is 22.7. The number of benzene rings is 2. The number of nitrogens with one attached hydrogen (secondary N) is 3. The molecule has 4 rings (SSSR count). The topological polar surface area (TPSA) is 114 Å². The lowest BCUT2D eigenvalue weighted by Crippen LogP contribution is -2.48. The fourth-order valence-corrected chi connectivity index (χ4v) is 4.50. The Morgan fingerprint density at radius 2 is 1.69 bits per heavy atom. The molecule has 1 saturated heterocycles. The van der Waals surface area contributed by atoms with Crippen LogP contribution in [-0.4, -0.2) is 45.5 Å². The van der Waals surface area contributed by atoms with Gasteiger partial charge in [-0.1, -0.05) is 12.8 Å². The molecule has 2 aromatic rings. The Labute approximate surface area is 185 Å². The summed E-state index contributed by atoms with van der Waals surface area (Å²) in [6.45, 7) is 0.693. The Balaban J connectivity index is 1.40. The molecule has 1 aliphatic carbocycles. The first-order valence-electron chi connectivity index (χ1n) is 10.4. The second kappa shape index (κ2) is 9.35. The molecule has 1 heterocycles. The summed E-state index contributed by atoms with van der Waals surface area (Å²) in [7, 11) is -3.67.